The molecule has 1 saturated heterocycles. The number of hydrogen-bond acceptors (Lipinski definition) is 8. The zero-order valence-corrected chi connectivity index (χ0v) is 22.8. The van der Waals surface area contributed by atoms with Gasteiger partial charge in [-0.1, -0.05) is 36.4 Å². The summed E-state index contributed by atoms with van der Waals surface area (Å²) in [6.07, 6.45) is 3.57. The van der Waals surface area contributed by atoms with Crippen molar-refractivity contribution in [2.24, 2.45) is 5.73 Å². The highest BCUT2D eigenvalue weighted by molar-refractivity contribution is 7.89. The molecule has 1 fully saturated rings. The number of carbonyl (C=O) groups excluding carboxylic acids is 2. The highest BCUT2D eigenvalue weighted by Crippen LogP contribution is 2.26. The van der Waals surface area contributed by atoms with E-state index in [0.717, 1.165) is 23.5 Å². The number of carbonyl (C=O) groups is 2. The molecule has 5 N–H and O–H groups in total. The van der Waals surface area contributed by atoms with Gasteiger partial charge in [-0.15, -0.1) is 0 Å². The maximum atomic E-state index is 13.1. The van der Waals surface area contributed by atoms with Crippen molar-refractivity contribution in [1.29, 1.82) is 0 Å². The lowest BCUT2D eigenvalue weighted by molar-refractivity contribution is -0.129. The molecule has 0 aliphatic carbocycles. The lowest BCUT2D eigenvalue weighted by Crippen LogP contribution is -2.52. The number of pyridine rings is 1. The molecule has 212 valence electrons. The molecule has 2 unspecified atom stereocenters. The van der Waals surface area contributed by atoms with Crippen molar-refractivity contribution in [2.45, 2.75) is 42.7 Å². The standard InChI is InChI=1S/C28H34N6O5S/c29-27(35)24(32-28(36)25-10-6-18-34(25)40(37,38)23-8-2-1-3-9-23)20-21-12-14-22(15-13-21)33-39-19-7-17-31-26-11-4-5-16-30-26/h1-5,8-9,11-16,24-25,33H,6-7,10,17-20H2,(H2,29,35)(H,30,31)(H,32,36). The number of nitrogens with two attached hydrogens (primary N) is 1. The van der Waals surface area contributed by atoms with E-state index in [9.17, 15) is 18.0 Å². The number of hydrogen-bond donors (Lipinski definition) is 4. The van der Waals surface area contributed by atoms with Gasteiger partial charge in [0.15, 0.2) is 0 Å². The van der Waals surface area contributed by atoms with Gasteiger partial charge in [0.05, 0.1) is 17.2 Å². The van der Waals surface area contributed by atoms with Crippen LogP contribution in [-0.2, 0) is 30.9 Å². The van der Waals surface area contributed by atoms with E-state index in [1.807, 2.05) is 18.2 Å². The maximum Gasteiger partial charge on any atom is 0.243 e. The van der Waals surface area contributed by atoms with E-state index in [1.165, 1.54) is 16.4 Å². The van der Waals surface area contributed by atoms with Crippen LogP contribution in [0.5, 0.6) is 0 Å². The van der Waals surface area contributed by atoms with Crippen LogP contribution in [0.15, 0.2) is 83.9 Å². The number of rotatable bonds is 14. The summed E-state index contributed by atoms with van der Waals surface area (Å²) in [6.45, 7) is 1.43. The van der Waals surface area contributed by atoms with Gasteiger partial charge < -0.3 is 16.4 Å². The van der Waals surface area contributed by atoms with Crippen molar-refractivity contribution in [1.82, 2.24) is 14.6 Å². The fraction of sp³-hybridized carbons (Fsp3) is 0.321. The monoisotopic (exact) mass is 566 g/mol. The second-order valence-corrected chi connectivity index (χ2v) is 11.3. The van der Waals surface area contributed by atoms with Gasteiger partial charge in [0.25, 0.3) is 0 Å². The van der Waals surface area contributed by atoms with Crippen molar-refractivity contribution in [3.63, 3.8) is 0 Å². The number of anilines is 2. The lowest BCUT2D eigenvalue weighted by atomic mass is 10.0. The summed E-state index contributed by atoms with van der Waals surface area (Å²) in [6, 6.07) is 19.0. The Hall–Kier alpha value is -4.00. The van der Waals surface area contributed by atoms with Gasteiger partial charge in [0, 0.05) is 25.7 Å². The third kappa shape index (κ3) is 7.78. The molecule has 0 bridgehead atoms. The van der Waals surface area contributed by atoms with E-state index in [2.05, 4.69) is 21.1 Å². The van der Waals surface area contributed by atoms with E-state index in [4.69, 9.17) is 10.6 Å². The minimum Gasteiger partial charge on any atom is -0.370 e. The van der Waals surface area contributed by atoms with Crippen molar-refractivity contribution in [3.05, 3.63) is 84.6 Å². The first-order valence-electron chi connectivity index (χ1n) is 13.1. The molecule has 0 radical (unpaired) electrons. The van der Waals surface area contributed by atoms with Crippen LogP contribution in [0.3, 0.4) is 0 Å². The molecule has 2 heterocycles. The van der Waals surface area contributed by atoms with Crippen molar-refractivity contribution in [2.75, 3.05) is 30.5 Å². The fourth-order valence-electron chi connectivity index (χ4n) is 4.42. The molecule has 4 rings (SSSR count). The Morgan fingerprint density at radius 2 is 1.80 bits per heavy atom. The number of amides is 2. The first-order chi connectivity index (χ1) is 19.3. The van der Waals surface area contributed by atoms with Crippen LogP contribution in [0.4, 0.5) is 11.5 Å². The number of nitrogens with zero attached hydrogens (tertiary/aromatic N) is 2. The molecule has 2 amide bonds. The number of nitrogens with one attached hydrogen (secondary N) is 3. The van der Waals surface area contributed by atoms with Crippen LogP contribution in [0.2, 0.25) is 0 Å². The average molecular weight is 567 g/mol. The molecular weight excluding hydrogens is 532 g/mol. The summed E-state index contributed by atoms with van der Waals surface area (Å²) in [5.41, 5.74) is 9.97. The lowest BCUT2D eigenvalue weighted by Gasteiger charge is -2.25. The van der Waals surface area contributed by atoms with Gasteiger partial charge in [-0.2, -0.15) is 4.31 Å². The summed E-state index contributed by atoms with van der Waals surface area (Å²) in [5.74, 6) is -0.423. The maximum absolute atomic E-state index is 13.1. The molecular formula is C28H34N6O5S. The predicted octanol–water partition coefficient (Wildman–Crippen LogP) is 2.29. The predicted molar refractivity (Wildman–Crippen MR) is 152 cm³/mol. The van der Waals surface area contributed by atoms with Crippen LogP contribution in [0, 0.1) is 0 Å². The second-order valence-electron chi connectivity index (χ2n) is 9.40. The number of aromatic nitrogens is 1. The molecule has 0 saturated carbocycles. The fourth-order valence-corrected chi connectivity index (χ4v) is 6.09. The largest absolute Gasteiger partial charge is 0.370 e. The van der Waals surface area contributed by atoms with Crippen LogP contribution >= 0.6 is 0 Å². The van der Waals surface area contributed by atoms with Crippen molar-refractivity contribution < 1.29 is 22.8 Å². The first kappa shape index (κ1) is 29.0. The molecule has 1 aliphatic heterocycles. The first-order valence-corrected chi connectivity index (χ1v) is 14.6. The van der Waals surface area contributed by atoms with E-state index < -0.39 is 33.9 Å². The summed E-state index contributed by atoms with van der Waals surface area (Å²) in [5, 5.41) is 5.88. The highest BCUT2D eigenvalue weighted by Gasteiger charge is 2.40. The van der Waals surface area contributed by atoms with E-state index in [-0.39, 0.29) is 17.9 Å². The topological polar surface area (TPSA) is 156 Å². The van der Waals surface area contributed by atoms with Crippen LogP contribution in [-0.4, -0.2) is 61.3 Å². The van der Waals surface area contributed by atoms with Gasteiger partial charge in [0.2, 0.25) is 21.8 Å². The Morgan fingerprint density at radius 3 is 2.50 bits per heavy atom. The SMILES string of the molecule is NC(=O)C(Cc1ccc(NOCCCNc2ccccn2)cc1)NC(=O)C1CCCN1S(=O)(=O)c1ccccc1. The Morgan fingerprint density at radius 1 is 1.05 bits per heavy atom. The Kier molecular flexibility index (Phi) is 10.1. The smallest absolute Gasteiger partial charge is 0.243 e. The van der Waals surface area contributed by atoms with Crippen LogP contribution in [0.1, 0.15) is 24.8 Å². The Balaban J connectivity index is 1.26. The summed E-state index contributed by atoms with van der Waals surface area (Å²) >= 11 is 0. The number of primary amides is 1. The van der Waals surface area contributed by atoms with Gasteiger partial charge >= 0.3 is 0 Å². The van der Waals surface area contributed by atoms with Crippen LogP contribution < -0.4 is 21.8 Å². The molecule has 3 aromatic rings. The number of sulfonamides is 1. The minimum absolute atomic E-state index is 0.125. The molecule has 11 nitrogen and oxygen atoms in total. The molecule has 40 heavy (non-hydrogen) atoms. The molecule has 0 spiro atoms. The Bertz CT molecular complexity index is 1360. The van der Waals surface area contributed by atoms with Gasteiger partial charge in [-0.05, 0) is 61.2 Å². The summed E-state index contributed by atoms with van der Waals surface area (Å²) in [4.78, 5) is 35.1. The van der Waals surface area contributed by atoms with Crippen molar-refractivity contribution >= 4 is 33.3 Å². The zero-order valence-electron chi connectivity index (χ0n) is 22.0. The Labute approximate surface area is 234 Å². The highest BCUT2D eigenvalue weighted by atomic mass is 32.2. The minimum atomic E-state index is -3.85. The van der Waals surface area contributed by atoms with Crippen LogP contribution in [0.25, 0.3) is 0 Å². The third-order valence-electron chi connectivity index (χ3n) is 6.49. The molecule has 1 aromatic heterocycles. The quantitative estimate of drug-likeness (QED) is 0.171. The van der Waals surface area contributed by atoms with Gasteiger partial charge in [-0.3, -0.25) is 19.9 Å². The molecule has 2 aromatic carbocycles. The van der Waals surface area contributed by atoms with E-state index in [1.54, 1.807) is 48.7 Å². The summed E-state index contributed by atoms with van der Waals surface area (Å²) < 4.78 is 27.4. The normalized spacial score (nSPS) is 16.2. The molecule has 12 heteroatoms. The summed E-state index contributed by atoms with van der Waals surface area (Å²) in [7, 11) is -3.85. The second kappa shape index (κ2) is 13.9. The molecule has 1 aliphatic rings. The zero-order chi connectivity index (χ0) is 28.4. The van der Waals surface area contributed by atoms with E-state index >= 15 is 0 Å². The van der Waals surface area contributed by atoms with Gasteiger partial charge in [0.1, 0.15) is 17.9 Å². The average Bonchev–Trinajstić information content (AvgIpc) is 3.48. The third-order valence-corrected chi connectivity index (χ3v) is 8.42. The van der Waals surface area contributed by atoms with E-state index in [0.29, 0.717) is 26.0 Å². The van der Waals surface area contributed by atoms with Crippen molar-refractivity contribution in [3.8, 4) is 0 Å². The van der Waals surface area contributed by atoms with Gasteiger partial charge in [-0.25, -0.2) is 13.4 Å². The molecule has 2 atom stereocenters. The number of benzene rings is 2.